The molecule has 2 heterocycles. The first kappa shape index (κ1) is 33.4. The first-order chi connectivity index (χ1) is 29.8. The van der Waals surface area contributed by atoms with Crippen molar-refractivity contribution in [3.63, 3.8) is 0 Å². The minimum Gasteiger partial charge on any atom is -0.208 e. The molecule has 0 unspecified atom stereocenters. The van der Waals surface area contributed by atoms with Gasteiger partial charge in [-0.1, -0.05) is 182 Å². The molecule has 1 spiro atoms. The second-order valence-electron chi connectivity index (χ2n) is 15.8. The monoisotopic (exact) mass is 779 g/mol. The maximum Gasteiger partial charge on any atom is 0.165 e. The second kappa shape index (κ2) is 12.7. The summed E-state index contributed by atoms with van der Waals surface area (Å²) in [6.07, 6.45) is 0. The zero-order chi connectivity index (χ0) is 39.4. The van der Waals surface area contributed by atoms with Gasteiger partial charge in [0.2, 0.25) is 0 Å². The van der Waals surface area contributed by atoms with Gasteiger partial charge in [0.1, 0.15) is 0 Å². The lowest BCUT2D eigenvalue weighted by Crippen LogP contribution is -2.25. The van der Waals surface area contributed by atoms with Crippen LogP contribution in [0.3, 0.4) is 0 Å². The maximum absolute atomic E-state index is 5.41. The van der Waals surface area contributed by atoms with Crippen LogP contribution >= 0.6 is 11.3 Å². The van der Waals surface area contributed by atoms with Crippen molar-refractivity contribution in [1.82, 2.24) is 15.0 Å². The third kappa shape index (κ3) is 4.62. The Bertz CT molecular complexity index is 3530. The molecule has 0 saturated carbocycles. The molecule has 3 nitrogen and oxygen atoms in total. The third-order valence-corrected chi connectivity index (χ3v) is 14.0. The van der Waals surface area contributed by atoms with Crippen LogP contribution in [0.25, 0.3) is 98.5 Å². The van der Waals surface area contributed by atoms with Crippen molar-refractivity contribution in [1.29, 1.82) is 0 Å². The number of benzene rings is 9. The Morgan fingerprint density at radius 1 is 0.317 bits per heavy atom. The zero-order valence-corrected chi connectivity index (χ0v) is 33.1. The minimum atomic E-state index is -0.415. The summed E-state index contributed by atoms with van der Waals surface area (Å²) in [5.41, 5.74) is 15.0. The number of aromatic nitrogens is 3. The van der Waals surface area contributed by atoms with Crippen molar-refractivity contribution < 1.29 is 0 Å². The summed E-state index contributed by atoms with van der Waals surface area (Å²) in [5.74, 6) is 1.96. The summed E-state index contributed by atoms with van der Waals surface area (Å²) in [6, 6.07) is 72.5. The topological polar surface area (TPSA) is 38.7 Å². The lowest BCUT2D eigenvalue weighted by Gasteiger charge is -2.30. The Balaban J connectivity index is 1.07. The number of hydrogen-bond donors (Lipinski definition) is 0. The van der Waals surface area contributed by atoms with E-state index in [-0.39, 0.29) is 0 Å². The molecule has 0 fully saturated rings. The van der Waals surface area contributed by atoms with Crippen molar-refractivity contribution in [3.8, 4) is 67.5 Å². The van der Waals surface area contributed by atoms with E-state index in [0.29, 0.717) is 17.5 Å². The van der Waals surface area contributed by atoms with E-state index >= 15 is 0 Å². The zero-order valence-electron chi connectivity index (χ0n) is 32.3. The van der Waals surface area contributed by atoms with Gasteiger partial charge in [-0.2, -0.15) is 0 Å². The molecular formula is C56H33N3S. The Morgan fingerprint density at radius 3 is 1.55 bits per heavy atom. The highest BCUT2D eigenvalue weighted by Crippen LogP contribution is 2.63. The average molecular weight is 780 g/mol. The quantitative estimate of drug-likeness (QED) is 0.179. The summed E-state index contributed by atoms with van der Waals surface area (Å²) < 4.78 is 2.42. The van der Waals surface area contributed by atoms with Gasteiger partial charge in [-0.15, -0.1) is 11.3 Å². The van der Waals surface area contributed by atoms with Crippen LogP contribution in [0.5, 0.6) is 0 Å². The van der Waals surface area contributed by atoms with E-state index in [1.165, 1.54) is 75.5 Å². The number of thiophene rings is 1. The van der Waals surface area contributed by atoms with E-state index in [0.717, 1.165) is 27.8 Å². The molecule has 4 heteroatoms. The van der Waals surface area contributed by atoms with Gasteiger partial charge >= 0.3 is 0 Å². The molecule has 2 aliphatic carbocycles. The van der Waals surface area contributed by atoms with Gasteiger partial charge in [-0.3, -0.25) is 0 Å². The number of rotatable bonds is 4. The summed E-state index contributed by atoms with van der Waals surface area (Å²) in [5, 5.41) is 4.85. The Labute approximate surface area is 351 Å². The van der Waals surface area contributed by atoms with E-state index in [1.54, 1.807) is 11.3 Å². The lowest BCUT2D eigenvalue weighted by atomic mass is 9.70. The fourth-order valence-electron chi connectivity index (χ4n) is 10.3. The molecule has 278 valence electrons. The van der Waals surface area contributed by atoms with Crippen molar-refractivity contribution in [2.45, 2.75) is 5.41 Å². The predicted molar refractivity (Wildman–Crippen MR) is 248 cm³/mol. The van der Waals surface area contributed by atoms with E-state index < -0.39 is 5.41 Å². The summed E-state index contributed by atoms with van der Waals surface area (Å²) in [6.45, 7) is 0. The first-order valence-electron chi connectivity index (χ1n) is 20.4. The predicted octanol–water partition coefficient (Wildman–Crippen LogP) is 14.4. The smallest absolute Gasteiger partial charge is 0.165 e. The first-order valence-corrected chi connectivity index (χ1v) is 21.3. The molecule has 11 aromatic rings. The molecule has 0 atom stereocenters. The Hall–Kier alpha value is -7.53. The van der Waals surface area contributed by atoms with Crippen molar-refractivity contribution in [2.24, 2.45) is 0 Å². The molecule has 2 aliphatic rings. The van der Waals surface area contributed by atoms with Crippen LogP contribution in [0.15, 0.2) is 200 Å². The van der Waals surface area contributed by atoms with Gasteiger partial charge in [0, 0.05) is 36.9 Å². The van der Waals surface area contributed by atoms with Crippen LogP contribution in [-0.4, -0.2) is 15.0 Å². The fraction of sp³-hybridized carbons (Fsp3) is 0.0179. The number of hydrogen-bond acceptors (Lipinski definition) is 4. The maximum atomic E-state index is 5.41. The molecule has 13 rings (SSSR count). The van der Waals surface area contributed by atoms with Crippen molar-refractivity contribution in [3.05, 3.63) is 222 Å². The molecule has 2 aromatic heterocycles. The van der Waals surface area contributed by atoms with Gasteiger partial charge in [0.25, 0.3) is 0 Å². The number of nitrogens with zero attached hydrogens (tertiary/aromatic N) is 3. The van der Waals surface area contributed by atoms with Crippen LogP contribution in [-0.2, 0) is 5.41 Å². The molecule has 0 amide bonds. The van der Waals surface area contributed by atoms with Crippen LogP contribution in [0, 0.1) is 0 Å². The largest absolute Gasteiger partial charge is 0.208 e. The van der Waals surface area contributed by atoms with E-state index in [2.05, 4.69) is 200 Å². The third-order valence-electron chi connectivity index (χ3n) is 12.8. The summed E-state index contributed by atoms with van der Waals surface area (Å²) in [4.78, 5) is 16.2. The van der Waals surface area contributed by atoms with E-state index in [9.17, 15) is 0 Å². The van der Waals surface area contributed by atoms with Crippen molar-refractivity contribution >= 4 is 42.3 Å². The normalized spacial score (nSPS) is 13.1. The SMILES string of the molecule is c1ccc(-c2cccc3ccccc23)c(-c2nc(-c3ccc4c(c3)-c3ccccc3C43c4ccccc4-c4ccccc43)nc(-c3cccc4c3sc3ccccc34)n2)c1. The molecule has 0 N–H and O–H groups in total. The molecule has 0 saturated heterocycles. The lowest BCUT2D eigenvalue weighted by molar-refractivity contribution is 0.794. The second-order valence-corrected chi connectivity index (χ2v) is 16.9. The average Bonchev–Trinajstić information content (AvgIpc) is 3.95. The highest BCUT2D eigenvalue weighted by Gasteiger charge is 2.51. The summed E-state index contributed by atoms with van der Waals surface area (Å²) in [7, 11) is 0. The van der Waals surface area contributed by atoms with Gasteiger partial charge in [0.05, 0.1) is 5.41 Å². The van der Waals surface area contributed by atoms with Gasteiger partial charge in [0.15, 0.2) is 17.5 Å². The fourth-order valence-corrected chi connectivity index (χ4v) is 11.5. The molecule has 0 aliphatic heterocycles. The molecular weight excluding hydrogens is 747 g/mol. The van der Waals surface area contributed by atoms with Crippen LogP contribution < -0.4 is 0 Å². The van der Waals surface area contributed by atoms with Crippen LogP contribution in [0.2, 0.25) is 0 Å². The Kier molecular flexibility index (Phi) is 7.10. The van der Waals surface area contributed by atoms with E-state index in [1.807, 2.05) is 0 Å². The Morgan fingerprint density at radius 2 is 0.800 bits per heavy atom. The van der Waals surface area contributed by atoms with Crippen molar-refractivity contribution in [2.75, 3.05) is 0 Å². The van der Waals surface area contributed by atoms with Crippen LogP contribution in [0.1, 0.15) is 22.3 Å². The number of fused-ring (bicyclic) bond motifs is 14. The van der Waals surface area contributed by atoms with Gasteiger partial charge in [-0.25, -0.2) is 15.0 Å². The minimum absolute atomic E-state index is 0.415. The molecule has 60 heavy (non-hydrogen) atoms. The van der Waals surface area contributed by atoms with Crippen LogP contribution in [0.4, 0.5) is 0 Å². The van der Waals surface area contributed by atoms with Gasteiger partial charge in [-0.05, 0) is 84.6 Å². The molecule has 0 radical (unpaired) electrons. The highest BCUT2D eigenvalue weighted by atomic mass is 32.1. The summed E-state index contributed by atoms with van der Waals surface area (Å²) >= 11 is 1.80. The van der Waals surface area contributed by atoms with Gasteiger partial charge < -0.3 is 0 Å². The molecule has 9 aromatic carbocycles. The molecule has 0 bridgehead atoms. The standard InChI is InChI=1S/C56H33N3S/c1-2-17-36-34(15-1)16-13-24-37(36)38-18-3-4-23-44(38)54-57-53(58-55(59-54)45-26-14-25-43-42-22-8-12-30-51(42)60-52(43)45)35-31-32-50-46(33-35)41-21-7-11-29-49(41)56(50)47-27-9-5-19-39(47)40-20-6-10-28-48(40)56/h1-33H. The highest BCUT2D eigenvalue weighted by molar-refractivity contribution is 7.26. The van der Waals surface area contributed by atoms with E-state index in [4.69, 9.17) is 15.0 Å².